The average molecular weight is 291 g/mol. The van der Waals surface area contributed by atoms with Gasteiger partial charge in [-0.1, -0.05) is 12.0 Å². The van der Waals surface area contributed by atoms with Crippen LogP contribution in [0.2, 0.25) is 0 Å². The molecule has 1 aliphatic rings. The van der Waals surface area contributed by atoms with Gasteiger partial charge in [0.25, 0.3) is 5.79 Å². The van der Waals surface area contributed by atoms with Gasteiger partial charge in [0.05, 0.1) is 24.9 Å². The van der Waals surface area contributed by atoms with Gasteiger partial charge >= 0.3 is 5.97 Å². The van der Waals surface area contributed by atoms with Crippen LogP contribution in [0.1, 0.15) is 13.3 Å². The van der Waals surface area contributed by atoms with Crippen LogP contribution in [-0.2, 0) is 9.53 Å². The molecule has 1 rings (SSSR count). The van der Waals surface area contributed by atoms with E-state index in [1.54, 1.807) is 0 Å². The van der Waals surface area contributed by atoms with Crippen molar-refractivity contribution in [3.63, 3.8) is 0 Å². The van der Waals surface area contributed by atoms with E-state index in [9.17, 15) is 25.2 Å². The molecule has 1 heterocycles. The zero-order valence-electron chi connectivity index (χ0n) is 10.7. The highest BCUT2D eigenvalue weighted by molar-refractivity contribution is 5.75. The van der Waals surface area contributed by atoms with Gasteiger partial charge in [-0.3, -0.25) is 0 Å². The van der Waals surface area contributed by atoms with Gasteiger partial charge in [0.2, 0.25) is 0 Å². The molecule has 1 unspecified atom stereocenters. The number of aliphatic hydroxyl groups excluding tert-OH is 3. The lowest BCUT2D eigenvalue weighted by Crippen LogP contribution is -2.60. The predicted octanol–water partition coefficient (Wildman–Crippen LogP) is -1.42. The second-order valence-corrected chi connectivity index (χ2v) is 4.77. The van der Waals surface area contributed by atoms with E-state index in [0.717, 1.165) is 0 Å². The summed E-state index contributed by atoms with van der Waals surface area (Å²) in [5.41, 5.74) is 8.13. The van der Waals surface area contributed by atoms with E-state index in [1.165, 1.54) is 6.92 Å². The zero-order chi connectivity index (χ0) is 15.5. The highest BCUT2D eigenvalue weighted by Gasteiger charge is 2.51. The lowest BCUT2D eigenvalue weighted by Gasteiger charge is -2.43. The van der Waals surface area contributed by atoms with Crippen LogP contribution in [0.5, 0.6) is 0 Å². The Kier molecular flexibility index (Phi) is 5.28. The van der Waals surface area contributed by atoms with Crippen LogP contribution < -0.4 is 0 Å². The van der Waals surface area contributed by atoms with E-state index in [4.69, 9.17) is 15.4 Å². The van der Waals surface area contributed by atoms with Gasteiger partial charge in [-0.2, -0.15) is 0 Å². The van der Waals surface area contributed by atoms with Crippen molar-refractivity contribution in [1.82, 2.24) is 0 Å². The summed E-state index contributed by atoms with van der Waals surface area (Å²) in [7, 11) is 0. The van der Waals surface area contributed by atoms with E-state index in [1.807, 2.05) is 0 Å². The standard InChI is InChI=1S/C10H17N3O7/c1-4-5(14)2-10(19,9(17)18)20-8(4)7(16)6(15)3-12-13-11/h4-8,14-16,19H,2-3H2,1H3,(H,17,18)/t4-,5-,6-,7-,8?,10-/m1/s1. The van der Waals surface area contributed by atoms with Crippen LogP contribution in [0.4, 0.5) is 0 Å². The Morgan fingerprint density at radius 2 is 2.20 bits per heavy atom. The first-order chi connectivity index (χ1) is 9.23. The van der Waals surface area contributed by atoms with Crippen molar-refractivity contribution < 1.29 is 35.1 Å². The molecule has 0 aromatic rings. The fraction of sp³-hybridized carbons (Fsp3) is 0.900. The Bertz CT molecular complexity index is 414. The van der Waals surface area contributed by atoms with Crippen LogP contribution in [-0.4, -0.2) is 68.2 Å². The van der Waals surface area contributed by atoms with Crippen molar-refractivity contribution in [3.05, 3.63) is 10.4 Å². The Labute approximate surface area is 113 Å². The van der Waals surface area contributed by atoms with Gasteiger partial charge in [-0.05, 0) is 5.53 Å². The van der Waals surface area contributed by atoms with Crippen LogP contribution >= 0.6 is 0 Å². The van der Waals surface area contributed by atoms with E-state index in [2.05, 4.69) is 10.0 Å². The molecule has 20 heavy (non-hydrogen) atoms. The number of hydrogen-bond acceptors (Lipinski definition) is 7. The maximum absolute atomic E-state index is 10.9. The number of aliphatic carboxylic acids is 1. The van der Waals surface area contributed by atoms with Crippen LogP contribution in [0, 0.1) is 5.92 Å². The second-order valence-electron chi connectivity index (χ2n) is 4.77. The first-order valence-corrected chi connectivity index (χ1v) is 5.91. The normalized spacial score (nSPS) is 36.8. The SMILES string of the molecule is C[C@H]1C([C@H](O)[C@H](O)CN=[N+]=[N-])O[C@@](O)(C(=O)O)C[C@H]1O. The molecule has 10 heteroatoms. The maximum Gasteiger partial charge on any atom is 0.364 e. The zero-order valence-corrected chi connectivity index (χ0v) is 10.7. The predicted molar refractivity (Wildman–Crippen MR) is 63.3 cm³/mol. The van der Waals surface area contributed by atoms with E-state index >= 15 is 0 Å². The lowest BCUT2D eigenvalue weighted by atomic mass is 9.84. The molecule has 1 saturated heterocycles. The number of ether oxygens (including phenoxy) is 1. The molecular weight excluding hydrogens is 274 g/mol. The number of aliphatic hydroxyl groups is 4. The van der Waals surface area contributed by atoms with Crippen LogP contribution in [0.25, 0.3) is 10.4 Å². The number of azide groups is 1. The van der Waals surface area contributed by atoms with E-state index in [0.29, 0.717) is 0 Å². The summed E-state index contributed by atoms with van der Waals surface area (Å²) < 4.78 is 4.93. The monoisotopic (exact) mass is 291 g/mol. The quantitative estimate of drug-likeness (QED) is 0.234. The Morgan fingerprint density at radius 3 is 2.70 bits per heavy atom. The number of nitrogens with zero attached hydrogens (tertiary/aromatic N) is 3. The van der Waals surface area contributed by atoms with Gasteiger partial charge in [0, 0.05) is 17.3 Å². The summed E-state index contributed by atoms with van der Waals surface area (Å²) >= 11 is 0. The molecule has 0 aliphatic carbocycles. The minimum atomic E-state index is -2.64. The van der Waals surface area contributed by atoms with Crippen molar-refractivity contribution in [1.29, 1.82) is 0 Å². The second kappa shape index (κ2) is 6.35. The Hall–Kier alpha value is -1.42. The van der Waals surface area contributed by atoms with Gasteiger partial charge in [0.15, 0.2) is 0 Å². The molecule has 114 valence electrons. The van der Waals surface area contributed by atoms with E-state index < -0.39 is 55.1 Å². The largest absolute Gasteiger partial charge is 0.477 e. The Balaban J connectivity index is 2.90. The molecule has 0 bridgehead atoms. The van der Waals surface area contributed by atoms with Gasteiger partial charge < -0.3 is 30.3 Å². The molecule has 0 amide bonds. The first kappa shape index (κ1) is 16.6. The maximum atomic E-state index is 10.9. The van der Waals surface area contributed by atoms with Crippen molar-refractivity contribution in [2.45, 2.75) is 43.5 Å². The third-order valence-electron chi connectivity index (χ3n) is 3.34. The topological polar surface area (TPSA) is 176 Å². The molecule has 0 aromatic heterocycles. The number of carboxylic acids is 1. The lowest BCUT2D eigenvalue weighted by molar-refractivity contribution is -0.301. The van der Waals surface area contributed by atoms with Crippen LogP contribution in [0.3, 0.4) is 0 Å². The summed E-state index contributed by atoms with van der Waals surface area (Å²) in [5, 5.41) is 51.0. The highest BCUT2D eigenvalue weighted by atomic mass is 16.7. The fourth-order valence-corrected chi connectivity index (χ4v) is 2.03. The van der Waals surface area contributed by atoms with Gasteiger partial charge in [-0.15, -0.1) is 0 Å². The minimum absolute atomic E-state index is 0.453. The number of rotatable bonds is 5. The van der Waals surface area contributed by atoms with Crippen molar-refractivity contribution in [2.75, 3.05) is 6.54 Å². The van der Waals surface area contributed by atoms with Crippen molar-refractivity contribution in [3.8, 4) is 0 Å². The summed E-state index contributed by atoms with van der Waals surface area (Å²) in [6.07, 6.45) is -6.27. The molecule has 0 aromatic carbocycles. The highest BCUT2D eigenvalue weighted by Crippen LogP contribution is 2.33. The molecule has 0 radical (unpaired) electrons. The van der Waals surface area contributed by atoms with Crippen LogP contribution in [0.15, 0.2) is 5.11 Å². The third-order valence-corrected chi connectivity index (χ3v) is 3.34. The Morgan fingerprint density at radius 1 is 1.60 bits per heavy atom. The smallest absolute Gasteiger partial charge is 0.364 e. The molecule has 6 atom stereocenters. The van der Waals surface area contributed by atoms with Gasteiger partial charge in [0.1, 0.15) is 6.10 Å². The summed E-state index contributed by atoms with van der Waals surface area (Å²) in [4.78, 5) is 13.4. The molecule has 0 spiro atoms. The summed E-state index contributed by atoms with van der Waals surface area (Å²) in [6, 6.07) is 0. The molecular formula is C10H17N3O7. The first-order valence-electron chi connectivity index (χ1n) is 5.91. The number of hydrogen-bond donors (Lipinski definition) is 5. The molecule has 1 aliphatic heterocycles. The summed E-state index contributed by atoms with van der Waals surface area (Å²) in [5.74, 6) is -5.08. The molecule has 0 saturated carbocycles. The van der Waals surface area contributed by atoms with E-state index in [-0.39, 0.29) is 0 Å². The summed E-state index contributed by atoms with van der Waals surface area (Å²) in [6.45, 7) is 1.02. The van der Waals surface area contributed by atoms with Crippen molar-refractivity contribution >= 4 is 5.97 Å². The van der Waals surface area contributed by atoms with Gasteiger partial charge in [-0.25, -0.2) is 4.79 Å². The average Bonchev–Trinajstić information content (AvgIpc) is 2.39. The third kappa shape index (κ3) is 3.37. The van der Waals surface area contributed by atoms with Crippen molar-refractivity contribution in [2.24, 2.45) is 11.0 Å². The molecule has 5 N–H and O–H groups in total. The fourth-order valence-electron chi connectivity index (χ4n) is 2.03. The number of carboxylic acid groups (broad SMARTS) is 1. The number of carbonyl (C=O) groups is 1. The molecule has 1 fully saturated rings. The molecule has 10 nitrogen and oxygen atoms in total. The minimum Gasteiger partial charge on any atom is -0.477 e.